The Bertz CT molecular complexity index is 1090. The van der Waals surface area contributed by atoms with Crippen molar-refractivity contribution in [3.63, 3.8) is 0 Å². The number of methoxy groups -OCH3 is 1. The van der Waals surface area contributed by atoms with Gasteiger partial charge < -0.3 is 14.2 Å². The van der Waals surface area contributed by atoms with E-state index >= 15 is 0 Å². The van der Waals surface area contributed by atoms with Gasteiger partial charge in [-0.2, -0.15) is 0 Å². The number of carbonyl (C=O) groups excluding carboxylic acids is 2. The number of benzene rings is 3. The van der Waals surface area contributed by atoms with Crippen LogP contribution in [0.15, 0.2) is 77.8 Å². The second kappa shape index (κ2) is 11.6. The van der Waals surface area contributed by atoms with E-state index in [2.05, 4.69) is 11.9 Å². The van der Waals surface area contributed by atoms with Crippen LogP contribution >= 0.6 is 0 Å². The Kier molecular flexibility index (Phi) is 8.36. The van der Waals surface area contributed by atoms with E-state index in [1.807, 2.05) is 6.92 Å². The maximum Gasteiger partial charge on any atom is 0.343 e. The van der Waals surface area contributed by atoms with Crippen molar-refractivity contribution in [3.05, 3.63) is 89.5 Å². The summed E-state index contributed by atoms with van der Waals surface area (Å²) >= 11 is 0. The molecule has 3 rings (SSSR count). The SMILES string of the molecule is CCC(C)COC(=O)c1ccc(N=Cc2ccc(OC(=O)c3ccc(OC)cc3)cc2)cc1. The molecule has 3 aromatic carbocycles. The molecule has 33 heavy (non-hydrogen) atoms. The number of esters is 2. The van der Waals surface area contributed by atoms with Crippen LogP contribution in [0.1, 0.15) is 46.5 Å². The van der Waals surface area contributed by atoms with E-state index < -0.39 is 5.97 Å². The van der Waals surface area contributed by atoms with Gasteiger partial charge in [-0.15, -0.1) is 0 Å². The normalized spacial score (nSPS) is 11.7. The summed E-state index contributed by atoms with van der Waals surface area (Å²) < 4.78 is 15.8. The molecule has 0 saturated heterocycles. The molecule has 0 aliphatic rings. The average molecular weight is 446 g/mol. The third-order valence-electron chi connectivity index (χ3n) is 5.08. The molecule has 0 heterocycles. The van der Waals surface area contributed by atoms with Crippen LogP contribution in [0.4, 0.5) is 5.69 Å². The Balaban J connectivity index is 1.55. The predicted molar refractivity (Wildman–Crippen MR) is 128 cm³/mol. The van der Waals surface area contributed by atoms with Gasteiger partial charge in [0.1, 0.15) is 11.5 Å². The molecular weight excluding hydrogens is 418 g/mol. The van der Waals surface area contributed by atoms with Gasteiger partial charge in [-0.1, -0.05) is 20.3 Å². The number of rotatable bonds is 9. The standard InChI is InChI=1S/C27H27NO5/c1-4-19(2)18-32-26(29)21-7-11-23(12-8-21)28-17-20-5-13-25(14-6-20)33-27(30)22-9-15-24(31-3)16-10-22/h5-17,19H,4,18H2,1-3H3. The lowest BCUT2D eigenvalue weighted by Gasteiger charge is -2.09. The van der Waals surface area contributed by atoms with Gasteiger partial charge in [-0.05, 0) is 84.3 Å². The van der Waals surface area contributed by atoms with Crippen LogP contribution in [0.5, 0.6) is 11.5 Å². The Labute approximate surface area is 193 Å². The summed E-state index contributed by atoms with van der Waals surface area (Å²) in [6, 6.07) is 20.7. The topological polar surface area (TPSA) is 74.2 Å². The molecule has 0 radical (unpaired) electrons. The molecule has 1 atom stereocenters. The second-order valence-electron chi connectivity index (χ2n) is 7.60. The Hall–Kier alpha value is -3.93. The summed E-state index contributed by atoms with van der Waals surface area (Å²) in [5.41, 5.74) is 2.49. The Morgan fingerprint density at radius 1 is 0.848 bits per heavy atom. The van der Waals surface area contributed by atoms with Crippen LogP contribution in [0, 0.1) is 5.92 Å². The Morgan fingerprint density at radius 2 is 1.42 bits per heavy atom. The first kappa shape index (κ1) is 23.7. The van der Waals surface area contributed by atoms with Gasteiger partial charge in [0, 0.05) is 6.21 Å². The summed E-state index contributed by atoms with van der Waals surface area (Å²) in [4.78, 5) is 28.8. The molecular formula is C27H27NO5. The first-order valence-corrected chi connectivity index (χ1v) is 10.8. The van der Waals surface area contributed by atoms with Gasteiger partial charge >= 0.3 is 11.9 Å². The van der Waals surface area contributed by atoms with E-state index in [0.29, 0.717) is 40.8 Å². The third kappa shape index (κ3) is 7.04. The highest BCUT2D eigenvalue weighted by atomic mass is 16.5. The van der Waals surface area contributed by atoms with E-state index in [-0.39, 0.29) is 5.97 Å². The monoisotopic (exact) mass is 445 g/mol. The highest BCUT2D eigenvalue weighted by Crippen LogP contribution is 2.18. The number of aliphatic imine (C=N–C) groups is 1. The smallest absolute Gasteiger partial charge is 0.343 e. The largest absolute Gasteiger partial charge is 0.497 e. The van der Waals surface area contributed by atoms with Crippen molar-refractivity contribution < 1.29 is 23.8 Å². The van der Waals surface area contributed by atoms with Crippen molar-refractivity contribution in [1.29, 1.82) is 0 Å². The minimum absolute atomic E-state index is 0.328. The minimum atomic E-state index is -0.443. The molecule has 0 aromatic heterocycles. The van der Waals surface area contributed by atoms with E-state index in [0.717, 1.165) is 12.0 Å². The first-order chi connectivity index (χ1) is 16.0. The zero-order valence-corrected chi connectivity index (χ0v) is 19.0. The number of carbonyl (C=O) groups is 2. The van der Waals surface area contributed by atoms with Crippen LogP contribution < -0.4 is 9.47 Å². The number of hydrogen-bond donors (Lipinski definition) is 0. The van der Waals surface area contributed by atoms with Gasteiger partial charge in [0.2, 0.25) is 0 Å². The molecule has 0 bridgehead atoms. The second-order valence-corrected chi connectivity index (χ2v) is 7.60. The molecule has 6 heteroatoms. The van der Waals surface area contributed by atoms with Gasteiger partial charge in [0.15, 0.2) is 0 Å². The van der Waals surface area contributed by atoms with E-state index in [9.17, 15) is 9.59 Å². The van der Waals surface area contributed by atoms with Crippen molar-refractivity contribution in [2.45, 2.75) is 20.3 Å². The molecule has 0 amide bonds. The average Bonchev–Trinajstić information content (AvgIpc) is 2.87. The fourth-order valence-electron chi connectivity index (χ4n) is 2.77. The summed E-state index contributed by atoms with van der Waals surface area (Å²) in [5.74, 6) is 0.683. The summed E-state index contributed by atoms with van der Waals surface area (Å²) in [7, 11) is 1.57. The maximum atomic E-state index is 12.3. The molecule has 0 aliphatic heterocycles. The fourth-order valence-corrected chi connectivity index (χ4v) is 2.77. The number of ether oxygens (including phenoxy) is 3. The highest BCUT2D eigenvalue weighted by molar-refractivity contribution is 5.91. The maximum absolute atomic E-state index is 12.3. The van der Waals surface area contributed by atoms with Gasteiger partial charge in [-0.3, -0.25) is 4.99 Å². The summed E-state index contributed by atoms with van der Waals surface area (Å²) in [5, 5.41) is 0. The number of hydrogen-bond acceptors (Lipinski definition) is 6. The third-order valence-corrected chi connectivity index (χ3v) is 5.08. The van der Waals surface area contributed by atoms with Gasteiger partial charge in [-0.25, -0.2) is 9.59 Å². The lowest BCUT2D eigenvalue weighted by atomic mass is 10.1. The highest BCUT2D eigenvalue weighted by Gasteiger charge is 2.10. The van der Waals surface area contributed by atoms with Crippen molar-refractivity contribution in [3.8, 4) is 11.5 Å². The van der Waals surface area contributed by atoms with E-state index in [1.54, 1.807) is 86.1 Å². The minimum Gasteiger partial charge on any atom is -0.497 e. The predicted octanol–water partition coefficient (Wildman–Crippen LogP) is 5.87. The molecule has 0 N–H and O–H groups in total. The fraction of sp³-hybridized carbons (Fsp3) is 0.222. The van der Waals surface area contributed by atoms with Gasteiger partial charge in [0.25, 0.3) is 0 Å². The van der Waals surface area contributed by atoms with Gasteiger partial charge in [0.05, 0.1) is 30.5 Å². The molecule has 170 valence electrons. The van der Waals surface area contributed by atoms with Crippen molar-refractivity contribution in [2.75, 3.05) is 13.7 Å². The summed E-state index contributed by atoms with van der Waals surface area (Å²) in [6.45, 7) is 4.52. The molecule has 6 nitrogen and oxygen atoms in total. The van der Waals surface area contributed by atoms with Crippen LogP contribution in [-0.4, -0.2) is 31.9 Å². The quantitative estimate of drug-likeness (QED) is 0.234. The molecule has 0 fully saturated rings. The van der Waals surface area contributed by atoms with Crippen molar-refractivity contribution in [1.82, 2.24) is 0 Å². The van der Waals surface area contributed by atoms with Crippen LogP contribution in [0.25, 0.3) is 0 Å². The molecule has 3 aromatic rings. The Morgan fingerprint density at radius 3 is 2.03 bits per heavy atom. The lowest BCUT2D eigenvalue weighted by Crippen LogP contribution is -2.11. The van der Waals surface area contributed by atoms with Crippen molar-refractivity contribution in [2.24, 2.45) is 10.9 Å². The van der Waals surface area contributed by atoms with Crippen molar-refractivity contribution >= 4 is 23.8 Å². The molecule has 0 saturated carbocycles. The molecule has 0 spiro atoms. The van der Waals surface area contributed by atoms with Crippen LogP contribution in [0.3, 0.4) is 0 Å². The van der Waals surface area contributed by atoms with E-state index in [1.165, 1.54) is 0 Å². The molecule has 1 unspecified atom stereocenters. The first-order valence-electron chi connectivity index (χ1n) is 10.8. The summed E-state index contributed by atoms with van der Waals surface area (Å²) in [6.07, 6.45) is 2.67. The molecule has 0 aliphatic carbocycles. The zero-order valence-electron chi connectivity index (χ0n) is 19.0. The zero-order chi connectivity index (χ0) is 23.6. The van der Waals surface area contributed by atoms with Crippen LogP contribution in [-0.2, 0) is 4.74 Å². The van der Waals surface area contributed by atoms with E-state index in [4.69, 9.17) is 14.2 Å². The lowest BCUT2D eigenvalue weighted by molar-refractivity contribution is 0.0447. The van der Waals surface area contributed by atoms with Crippen LogP contribution in [0.2, 0.25) is 0 Å². The number of nitrogens with zero attached hydrogens (tertiary/aromatic N) is 1.